The molecule has 2 rings (SSSR count). The first-order chi connectivity index (χ1) is 7.65. The van der Waals surface area contributed by atoms with Crippen molar-refractivity contribution in [3.05, 3.63) is 44.7 Å². The van der Waals surface area contributed by atoms with Crippen LogP contribution in [-0.2, 0) is 4.74 Å². The zero-order chi connectivity index (χ0) is 11.7. The lowest BCUT2D eigenvalue weighted by molar-refractivity contribution is 0.0603. The molecule has 1 N–H and O–H groups in total. The fourth-order valence-electron chi connectivity index (χ4n) is 1.51. The summed E-state index contributed by atoms with van der Waals surface area (Å²) in [5.41, 5.74) is 0.687. The summed E-state index contributed by atoms with van der Waals surface area (Å²) in [5.74, 6) is -0.469. The fourth-order valence-corrected chi connectivity index (χ4v) is 1.83. The molecular weight excluding hydrogens is 274 g/mol. The number of para-hydroxylation sites is 1. The summed E-state index contributed by atoms with van der Waals surface area (Å²) >= 11 is 3.14. The van der Waals surface area contributed by atoms with Gasteiger partial charge in [0.25, 0.3) is 0 Å². The minimum Gasteiger partial charge on any atom is -0.465 e. The molecule has 16 heavy (non-hydrogen) atoms. The minimum absolute atomic E-state index is 0.153. The van der Waals surface area contributed by atoms with E-state index in [9.17, 15) is 9.59 Å². The number of halogens is 1. The van der Waals surface area contributed by atoms with E-state index < -0.39 is 5.97 Å². The van der Waals surface area contributed by atoms with E-state index in [0.717, 1.165) is 0 Å². The molecule has 0 saturated heterocycles. The maximum Gasteiger partial charge on any atom is 0.339 e. The van der Waals surface area contributed by atoms with Crippen molar-refractivity contribution in [2.45, 2.75) is 0 Å². The Morgan fingerprint density at radius 1 is 1.44 bits per heavy atom. The standard InChI is InChI=1S/C11H8BrNO3/c1-16-11(15)7-4-2-3-6-9(7)13-5-8(12)10(6)14/h2-5H,1H3,(H,13,14). The third-order valence-corrected chi connectivity index (χ3v) is 2.86. The largest absolute Gasteiger partial charge is 0.465 e. The Balaban J connectivity index is 2.85. The van der Waals surface area contributed by atoms with Gasteiger partial charge < -0.3 is 9.72 Å². The summed E-state index contributed by atoms with van der Waals surface area (Å²) in [6.07, 6.45) is 1.51. The quantitative estimate of drug-likeness (QED) is 0.815. The van der Waals surface area contributed by atoms with Gasteiger partial charge in [0.05, 0.1) is 22.7 Å². The molecule has 5 heteroatoms. The van der Waals surface area contributed by atoms with E-state index in [1.54, 1.807) is 18.2 Å². The highest BCUT2D eigenvalue weighted by atomic mass is 79.9. The predicted octanol–water partition coefficient (Wildman–Crippen LogP) is 2.08. The van der Waals surface area contributed by atoms with Gasteiger partial charge in [-0.15, -0.1) is 0 Å². The Morgan fingerprint density at radius 2 is 2.19 bits per heavy atom. The Morgan fingerprint density at radius 3 is 2.88 bits per heavy atom. The first-order valence-electron chi connectivity index (χ1n) is 4.53. The van der Waals surface area contributed by atoms with Gasteiger partial charge in [-0.3, -0.25) is 4.79 Å². The molecular formula is C11H8BrNO3. The van der Waals surface area contributed by atoms with Crippen LogP contribution in [0.3, 0.4) is 0 Å². The fraction of sp³-hybridized carbons (Fsp3) is 0.0909. The van der Waals surface area contributed by atoms with Crippen LogP contribution in [0.2, 0.25) is 0 Å². The van der Waals surface area contributed by atoms with Crippen LogP contribution in [0.5, 0.6) is 0 Å². The normalized spacial score (nSPS) is 10.4. The van der Waals surface area contributed by atoms with Crippen LogP contribution in [0.4, 0.5) is 0 Å². The second-order valence-electron chi connectivity index (χ2n) is 3.19. The van der Waals surface area contributed by atoms with Gasteiger partial charge in [0.15, 0.2) is 0 Å². The minimum atomic E-state index is -0.469. The number of hydrogen-bond donors (Lipinski definition) is 1. The number of methoxy groups -OCH3 is 1. The average Bonchev–Trinajstić information content (AvgIpc) is 2.32. The van der Waals surface area contributed by atoms with Gasteiger partial charge in [-0.05, 0) is 28.1 Å². The van der Waals surface area contributed by atoms with E-state index in [1.807, 2.05) is 0 Å². The highest BCUT2D eigenvalue weighted by Gasteiger charge is 2.12. The number of benzene rings is 1. The van der Waals surface area contributed by atoms with Gasteiger partial charge in [-0.1, -0.05) is 6.07 Å². The molecule has 0 amide bonds. The zero-order valence-electron chi connectivity index (χ0n) is 8.41. The van der Waals surface area contributed by atoms with Crippen molar-refractivity contribution in [1.82, 2.24) is 4.98 Å². The number of carbonyl (C=O) groups is 1. The molecule has 0 bridgehead atoms. The van der Waals surface area contributed by atoms with Crippen molar-refractivity contribution >= 4 is 32.8 Å². The maximum absolute atomic E-state index is 11.8. The van der Waals surface area contributed by atoms with Gasteiger partial charge in [0.1, 0.15) is 0 Å². The molecule has 0 aliphatic rings. The van der Waals surface area contributed by atoms with Crippen molar-refractivity contribution in [1.29, 1.82) is 0 Å². The number of rotatable bonds is 1. The van der Waals surface area contributed by atoms with E-state index in [2.05, 4.69) is 25.7 Å². The number of pyridine rings is 1. The lowest BCUT2D eigenvalue weighted by Crippen LogP contribution is -2.08. The molecule has 1 aromatic heterocycles. The Bertz CT molecular complexity index is 618. The maximum atomic E-state index is 11.8. The van der Waals surface area contributed by atoms with E-state index in [0.29, 0.717) is 20.9 Å². The molecule has 2 aromatic rings. The zero-order valence-corrected chi connectivity index (χ0v) is 10.00. The number of carbonyl (C=O) groups excluding carboxylic acids is 1. The predicted molar refractivity (Wildman–Crippen MR) is 63.6 cm³/mol. The summed E-state index contributed by atoms with van der Waals surface area (Å²) in [7, 11) is 1.30. The van der Waals surface area contributed by atoms with Crippen molar-refractivity contribution < 1.29 is 9.53 Å². The molecule has 0 unspecified atom stereocenters. The Kier molecular flexibility index (Phi) is 2.78. The first-order valence-corrected chi connectivity index (χ1v) is 5.32. The van der Waals surface area contributed by atoms with Crippen LogP contribution >= 0.6 is 15.9 Å². The second kappa shape index (κ2) is 4.09. The highest BCUT2D eigenvalue weighted by Crippen LogP contribution is 2.16. The highest BCUT2D eigenvalue weighted by molar-refractivity contribution is 9.10. The summed E-state index contributed by atoms with van der Waals surface area (Å²) in [6, 6.07) is 4.92. The van der Waals surface area contributed by atoms with Crippen LogP contribution in [0.15, 0.2) is 33.7 Å². The van der Waals surface area contributed by atoms with Crippen molar-refractivity contribution in [2.24, 2.45) is 0 Å². The topological polar surface area (TPSA) is 59.2 Å². The average molecular weight is 282 g/mol. The molecule has 82 valence electrons. The van der Waals surface area contributed by atoms with Crippen molar-refractivity contribution in [3.63, 3.8) is 0 Å². The molecule has 1 aromatic carbocycles. The number of hydrogen-bond acceptors (Lipinski definition) is 3. The van der Waals surface area contributed by atoms with Crippen molar-refractivity contribution in [2.75, 3.05) is 7.11 Å². The van der Waals surface area contributed by atoms with Gasteiger partial charge >= 0.3 is 5.97 Å². The third-order valence-electron chi connectivity index (χ3n) is 2.27. The molecule has 4 nitrogen and oxygen atoms in total. The molecule has 1 heterocycles. The number of H-pyrrole nitrogens is 1. The van der Waals surface area contributed by atoms with Crippen LogP contribution in [0, 0.1) is 0 Å². The monoisotopic (exact) mass is 281 g/mol. The summed E-state index contributed by atoms with van der Waals surface area (Å²) in [5, 5.41) is 0.456. The SMILES string of the molecule is COC(=O)c1cccc2c(=O)c(Br)c[nH]c12. The van der Waals surface area contributed by atoms with E-state index in [4.69, 9.17) is 0 Å². The number of aromatic amines is 1. The van der Waals surface area contributed by atoms with Crippen LogP contribution in [0.25, 0.3) is 10.9 Å². The van der Waals surface area contributed by atoms with Crippen molar-refractivity contribution in [3.8, 4) is 0 Å². The number of nitrogens with one attached hydrogen (secondary N) is 1. The molecule has 0 fully saturated rings. The lowest BCUT2D eigenvalue weighted by atomic mass is 10.1. The van der Waals surface area contributed by atoms with Gasteiger partial charge in [0.2, 0.25) is 5.43 Å². The van der Waals surface area contributed by atoms with Gasteiger partial charge in [0, 0.05) is 11.6 Å². The van der Waals surface area contributed by atoms with E-state index in [1.165, 1.54) is 13.3 Å². The number of fused-ring (bicyclic) bond motifs is 1. The van der Waals surface area contributed by atoms with Crippen LogP contribution in [0.1, 0.15) is 10.4 Å². The smallest absolute Gasteiger partial charge is 0.339 e. The number of esters is 1. The summed E-state index contributed by atoms with van der Waals surface area (Å²) in [6.45, 7) is 0. The Hall–Kier alpha value is -1.62. The molecule has 0 atom stereocenters. The Labute approximate surface area is 99.4 Å². The molecule has 0 spiro atoms. The van der Waals surface area contributed by atoms with Gasteiger partial charge in [-0.2, -0.15) is 0 Å². The summed E-state index contributed by atoms with van der Waals surface area (Å²) in [4.78, 5) is 26.1. The summed E-state index contributed by atoms with van der Waals surface area (Å²) < 4.78 is 5.07. The molecule has 0 saturated carbocycles. The molecule has 0 radical (unpaired) electrons. The second-order valence-corrected chi connectivity index (χ2v) is 4.04. The third kappa shape index (κ3) is 1.63. The van der Waals surface area contributed by atoms with E-state index >= 15 is 0 Å². The molecule has 0 aliphatic carbocycles. The number of aromatic nitrogens is 1. The van der Waals surface area contributed by atoms with E-state index in [-0.39, 0.29) is 5.43 Å². The molecule has 0 aliphatic heterocycles. The van der Waals surface area contributed by atoms with Crippen LogP contribution < -0.4 is 5.43 Å². The van der Waals surface area contributed by atoms with Gasteiger partial charge in [-0.25, -0.2) is 4.79 Å². The lowest BCUT2D eigenvalue weighted by Gasteiger charge is -2.04. The van der Waals surface area contributed by atoms with Crippen LogP contribution in [-0.4, -0.2) is 18.1 Å². The first kappa shape index (κ1) is 10.9. The number of ether oxygens (including phenoxy) is 1.